The highest BCUT2D eigenvalue weighted by atomic mass is 19.1. The number of nitrogens with zero attached hydrogens (tertiary/aromatic N) is 2. The van der Waals surface area contributed by atoms with Crippen LogP contribution >= 0.6 is 0 Å². The second-order valence-corrected chi connectivity index (χ2v) is 19.2. The molecule has 1 heterocycles. The minimum absolute atomic E-state index is 0.0401. The number of Topliss-reactive ketones (excluding diaryl/α,β-unsaturated/α-hetero) is 2. The molecule has 0 bridgehead atoms. The molecular weight excluding hydrogens is 946 g/mol. The van der Waals surface area contributed by atoms with Gasteiger partial charge in [0, 0.05) is 36.4 Å². The number of rotatable bonds is 28. The minimum atomic E-state index is -1.52. The van der Waals surface area contributed by atoms with Crippen LogP contribution in [0.25, 0.3) is 22.0 Å². The number of halogens is 1. The van der Waals surface area contributed by atoms with Crippen molar-refractivity contribution in [1.29, 1.82) is 0 Å². The smallest absolute Gasteiger partial charge is 0.323 e. The van der Waals surface area contributed by atoms with Crippen molar-refractivity contribution in [2.24, 2.45) is 11.7 Å². The molecule has 0 saturated heterocycles. The number of aromatic nitrogens is 2. The third-order valence-corrected chi connectivity index (χ3v) is 13.4. The second kappa shape index (κ2) is 25.0. The van der Waals surface area contributed by atoms with E-state index in [4.69, 9.17) is 16.6 Å². The zero-order valence-corrected chi connectivity index (χ0v) is 42.7. The highest BCUT2D eigenvalue weighted by Crippen LogP contribution is 2.34. The lowest BCUT2D eigenvalue weighted by molar-refractivity contribution is -0.142. The largest absolute Gasteiger partial charge is 0.481 e. The average molecular weight is 1020 g/mol. The van der Waals surface area contributed by atoms with Crippen LogP contribution in [-0.2, 0) is 28.8 Å². The maximum Gasteiger partial charge on any atom is 0.323 e. The molecule has 0 saturated carbocycles. The molecule has 3 amide bonds. The van der Waals surface area contributed by atoms with E-state index in [0.717, 1.165) is 5.56 Å². The molecule has 12 N–H and O–H groups in total. The number of carbonyl (C=O) groups is 8. The normalized spacial score (nSPS) is 13.6. The van der Waals surface area contributed by atoms with Gasteiger partial charge in [-0.25, -0.2) is 9.18 Å². The number of anilines is 3. The topological polar surface area (TPSA) is 327 Å². The third-order valence-electron chi connectivity index (χ3n) is 13.4. The first-order valence-electron chi connectivity index (χ1n) is 24.4. The summed E-state index contributed by atoms with van der Waals surface area (Å²) in [6, 6.07) is 11.7. The molecule has 73 heavy (non-hydrogen) atoms. The number of aryl methyl sites for hydroxylation is 1. The summed E-state index contributed by atoms with van der Waals surface area (Å²) in [7, 11) is 0. The average Bonchev–Trinajstić information content (AvgIpc) is 3.68. The standard InChI is InChI=1S/C52H70FN9O11/c1-9-51(10-2,58-37(48(71)72)23-25-42(65)66)40(63)24-22-36(47(69)70)59-52(11-3,12-4)44(67)35(54)27-41(64)60-50(7,8)28-30(6)46(68)62-39-15-13-14-33(43(39)45(55)61-62)31-17-19-32(20-18-31)56-49(73)57-38-26-29(5)16-21-34(38)53/h13-21,26,30,35-37,58-59H,9-12,22-25,27-28,54H2,1-8H3,(H2,55,61)(H,60,64)(H,65,66)(H,69,70)(H,71,72)(H2,56,57,73)/t30?,35-,36-,37-/m0/s1. The van der Waals surface area contributed by atoms with Gasteiger partial charge in [0.25, 0.3) is 0 Å². The van der Waals surface area contributed by atoms with Crippen LogP contribution in [0.15, 0.2) is 60.7 Å². The molecule has 4 atom stereocenters. The highest BCUT2D eigenvalue weighted by Gasteiger charge is 2.43. The fourth-order valence-corrected chi connectivity index (χ4v) is 9.31. The van der Waals surface area contributed by atoms with Crippen molar-refractivity contribution in [2.75, 3.05) is 16.4 Å². The monoisotopic (exact) mass is 1020 g/mol. The van der Waals surface area contributed by atoms with E-state index >= 15 is 0 Å². The predicted molar refractivity (Wildman–Crippen MR) is 274 cm³/mol. The van der Waals surface area contributed by atoms with Gasteiger partial charge >= 0.3 is 23.9 Å². The summed E-state index contributed by atoms with van der Waals surface area (Å²) in [5.41, 5.74) is 12.0. The van der Waals surface area contributed by atoms with E-state index in [2.05, 4.69) is 31.7 Å². The lowest BCUT2D eigenvalue weighted by Crippen LogP contribution is -2.62. The molecule has 20 nitrogen and oxygen atoms in total. The summed E-state index contributed by atoms with van der Waals surface area (Å²) in [4.78, 5) is 104. The molecule has 4 aromatic rings. The molecule has 21 heteroatoms. The van der Waals surface area contributed by atoms with Crippen LogP contribution in [-0.4, -0.2) is 107 Å². The van der Waals surface area contributed by atoms with E-state index in [1.54, 1.807) is 97.9 Å². The first kappa shape index (κ1) is 58.5. The molecule has 0 aliphatic rings. The van der Waals surface area contributed by atoms with Gasteiger partial charge < -0.3 is 42.7 Å². The quantitative estimate of drug-likeness (QED) is 0.0285. The van der Waals surface area contributed by atoms with Crippen LogP contribution in [0.2, 0.25) is 0 Å². The van der Waals surface area contributed by atoms with Gasteiger partial charge in [0.1, 0.15) is 17.9 Å². The lowest BCUT2D eigenvalue weighted by atomic mass is 9.81. The number of nitrogen functional groups attached to an aromatic ring is 1. The Morgan fingerprint density at radius 2 is 1.36 bits per heavy atom. The van der Waals surface area contributed by atoms with Crippen molar-refractivity contribution >= 4 is 75.4 Å². The molecule has 4 rings (SSSR count). The van der Waals surface area contributed by atoms with E-state index in [1.807, 2.05) is 6.07 Å². The number of carboxylic acid groups (broad SMARTS) is 3. The molecule has 0 aliphatic heterocycles. The maximum atomic E-state index is 14.2. The van der Waals surface area contributed by atoms with E-state index in [9.17, 15) is 53.0 Å². The number of carbonyl (C=O) groups excluding carboxylic acids is 5. The van der Waals surface area contributed by atoms with E-state index < -0.39 is 107 Å². The Morgan fingerprint density at radius 3 is 1.92 bits per heavy atom. The van der Waals surface area contributed by atoms with Crippen LogP contribution in [0.1, 0.15) is 123 Å². The summed E-state index contributed by atoms with van der Waals surface area (Å²) in [6.07, 6.45) is -1.24. The Labute approximate surface area is 423 Å². The summed E-state index contributed by atoms with van der Waals surface area (Å²) in [6.45, 7) is 13.5. The van der Waals surface area contributed by atoms with E-state index in [1.165, 1.54) is 16.8 Å². The van der Waals surface area contributed by atoms with Crippen LogP contribution in [0.5, 0.6) is 0 Å². The molecule has 396 valence electrons. The molecule has 0 radical (unpaired) electrons. The Balaban J connectivity index is 1.40. The first-order chi connectivity index (χ1) is 34.3. The highest BCUT2D eigenvalue weighted by molar-refractivity contribution is 6.06. The summed E-state index contributed by atoms with van der Waals surface area (Å²) < 4.78 is 15.4. The zero-order valence-electron chi connectivity index (χ0n) is 42.7. The fourth-order valence-electron chi connectivity index (χ4n) is 9.31. The molecule has 0 spiro atoms. The number of aliphatic carboxylic acids is 3. The van der Waals surface area contributed by atoms with Gasteiger partial charge in [-0.1, -0.05) is 65.0 Å². The number of fused-ring (bicyclic) bond motifs is 1. The number of carboxylic acids is 3. The Bertz CT molecular complexity index is 2680. The zero-order chi connectivity index (χ0) is 54.6. The molecule has 1 aromatic heterocycles. The van der Waals surface area contributed by atoms with Crippen LogP contribution in [0, 0.1) is 18.7 Å². The van der Waals surface area contributed by atoms with Crippen LogP contribution in [0.4, 0.5) is 26.4 Å². The third kappa shape index (κ3) is 14.8. The number of hydrogen-bond donors (Lipinski definition) is 10. The van der Waals surface area contributed by atoms with Gasteiger partial charge in [0.15, 0.2) is 17.4 Å². The van der Waals surface area contributed by atoms with Crippen molar-refractivity contribution in [1.82, 2.24) is 25.7 Å². The maximum absolute atomic E-state index is 14.2. The van der Waals surface area contributed by atoms with Gasteiger partial charge in [-0.2, -0.15) is 4.68 Å². The molecule has 3 aromatic carbocycles. The Kier molecular flexibility index (Phi) is 20.0. The Hall–Kier alpha value is -7.10. The fraction of sp³-hybridized carbons (Fsp3) is 0.481. The number of ketones is 2. The lowest BCUT2D eigenvalue weighted by Gasteiger charge is -2.37. The van der Waals surface area contributed by atoms with Gasteiger partial charge in [-0.15, -0.1) is 5.10 Å². The first-order valence-corrected chi connectivity index (χ1v) is 24.4. The van der Waals surface area contributed by atoms with Gasteiger partial charge in [-0.05, 0) is 113 Å². The number of nitrogens with one attached hydrogen (secondary N) is 5. The number of nitrogens with two attached hydrogens (primary N) is 2. The predicted octanol–water partition coefficient (Wildman–Crippen LogP) is 6.64. The van der Waals surface area contributed by atoms with Gasteiger partial charge in [-0.3, -0.25) is 44.2 Å². The summed E-state index contributed by atoms with van der Waals surface area (Å²) >= 11 is 0. The van der Waals surface area contributed by atoms with Gasteiger partial charge in [0.05, 0.1) is 33.7 Å². The van der Waals surface area contributed by atoms with E-state index in [-0.39, 0.29) is 62.9 Å². The summed E-state index contributed by atoms with van der Waals surface area (Å²) in [5.74, 6) is -7.19. The van der Waals surface area contributed by atoms with Crippen LogP contribution < -0.4 is 38.1 Å². The SMILES string of the molecule is CCC(CC)(N[C@@H](CCC(=O)O)C(=O)O)C(=O)CC[C@H](NC(CC)(CC)C(=O)[C@@H](N)CC(=O)NC(C)(C)CC(C)C(=O)n1nc(N)c2c(-c3ccc(NC(=O)Nc4cc(C)ccc4F)cc3)cccc21)C(=O)O. The number of amides is 3. The van der Waals surface area contributed by atoms with Crippen molar-refractivity contribution in [3.05, 3.63) is 72.0 Å². The summed E-state index contributed by atoms with van der Waals surface area (Å²) in [5, 5.41) is 47.9. The second-order valence-electron chi connectivity index (χ2n) is 19.2. The van der Waals surface area contributed by atoms with Crippen molar-refractivity contribution in [2.45, 2.75) is 154 Å². The van der Waals surface area contributed by atoms with Crippen molar-refractivity contribution < 1.29 is 58.1 Å². The van der Waals surface area contributed by atoms with Crippen molar-refractivity contribution in [3.8, 4) is 11.1 Å². The van der Waals surface area contributed by atoms with E-state index in [0.29, 0.717) is 27.7 Å². The molecular formula is C52H70FN9O11. The van der Waals surface area contributed by atoms with Gasteiger partial charge in [0.2, 0.25) is 11.8 Å². The molecule has 0 fully saturated rings. The molecule has 1 unspecified atom stereocenters. The molecule has 0 aliphatic carbocycles. The van der Waals surface area contributed by atoms with Crippen LogP contribution in [0.3, 0.4) is 0 Å². The number of urea groups is 1. The number of benzene rings is 3. The minimum Gasteiger partial charge on any atom is -0.481 e. The Morgan fingerprint density at radius 1 is 0.781 bits per heavy atom. The van der Waals surface area contributed by atoms with Crippen molar-refractivity contribution in [3.63, 3.8) is 0 Å². The number of hydrogen-bond acceptors (Lipinski definition) is 13.